The van der Waals surface area contributed by atoms with Crippen LogP contribution in [0.5, 0.6) is 0 Å². The number of nitrogens with one attached hydrogen (secondary N) is 1. The molecule has 3 aromatic rings. The standard InChI is InChI=1S/C23H25N3O3S/c1-15-4-6-18(7-5-15)22-13-21(25-26(22)20-8-9-30(28,29)14-20)23(27)24-19-11-16(2)10-17(3)12-19/h4-7,10-13,20H,8-9,14H2,1-3H3,(H,24,27). The lowest BCUT2D eigenvalue weighted by Gasteiger charge is -2.13. The van der Waals surface area contributed by atoms with Crippen LogP contribution in [0.25, 0.3) is 11.3 Å². The molecular weight excluding hydrogens is 398 g/mol. The zero-order chi connectivity index (χ0) is 21.5. The first-order valence-electron chi connectivity index (χ1n) is 9.97. The van der Waals surface area contributed by atoms with Crippen molar-refractivity contribution in [3.05, 3.63) is 70.9 Å². The van der Waals surface area contributed by atoms with E-state index >= 15 is 0 Å². The van der Waals surface area contributed by atoms with Crippen LogP contribution >= 0.6 is 0 Å². The summed E-state index contributed by atoms with van der Waals surface area (Å²) in [6.07, 6.45) is 0.501. The van der Waals surface area contributed by atoms with Crippen molar-refractivity contribution < 1.29 is 13.2 Å². The number of anilines is 1. The Morgan fingerprint density at radius 2 is 1.67 bits per heavy atom. The van der Waals surface area contributed by atoms with E-state index in [1.54, 1.807) is 10.7 Å². The van der Waals surface area contributed by atoms with Crippen LogP contribution in [0.3, 0.4) is 0 Å². The lowest BCUT2D eigenvalue weighted by molar-refractivity contribution is 0.102. The Labute approximate surface area is 176 Å². The fourth-order valence-corrected chi connectivity index (χ4v) is 5.63. The van der Waals surface area contributed by atoms with Crippen LogP contribution in [0.2, 0.25) is 0 Å². The fraction of sp³-hybridized carbons (Fsp3) is 0.304. The Morgan fingerprint density at radius 3 is 2.27 bits per heavy atom. The minimum absolute atomic E-state index is 0.0473. The molecule has 6 nitrogen and oxygen atoms in total. The molecule has 4 rings (SSSR count). The molecule has 1 atom stereocenters. The highest BCUT2D eigenvalue weighted by atomic mass is 32.2. The summed E-state index contributed by atoms with van der Waals surface area (Å²) >= 11 is 0. The molecule has 1 aromatic heterocycles. The molecule has 1 unspecified atom stereocenters. The number of carbonyl (C=O) groups excluding carboxylic acids is 1. The Morgan fingerprint density at radius 1 is 1.00 bits per heavy atom. The lowest BCUT2D eigenvalue weighted by Crippen LogP contribution is -2.16. The van der Waals surface area contributed by atoms with Gasteiger partial charge in [0, 0.05) is 5.69 Å². The van der Waals surface area contributed by atoms with Crippen molar-refractivity contribution in [3.8, 4) is 11.3 Å². The first-order valence-corrected chi connectivity index (χ1v) is 11.8. The van der Waals surface area contributed by atoms with Crippen LogP contribution in [-0.2, 0) is 9.84 Å². The molecular formula is C23H25N3O3S. The Bertz CT molecular complexity index is 1190. The topological polar surface area (TPSA) is 81.1 Å². The van der Waals surface area contributed by atoms with E-state index in [0.717, 1.165) is 27.9 Å². The first-order chi connectivity index (χ1) is 14.2. The number of aryl methyl sites for hydroxylation is 3. The van der Waals surface area contributed by atoms with Gasteiger partial charge in [0.05, 0.1) is 23.2 Å². The van der Waals surface area contributed by atoms with Crippen molar-refractivity contribution in [1.29, 1.82) is 0 Å². The summed E-state index contributed by atoms with van der Waals surface area (Å²) in [6.45, 7) is 5.97. The number of aromatic nitrogens is 2. The monoisotopic (exact) mass is 423 g/mol. The number of nitrogens with zero attached hydrogens (tertiary/aromatic N) is 2. The summed E-state index contributed by atoms with van der Waals surface area (Å²) in [4.78, 5) is 12.9. The second-order valence-electron chi connectivity index (χ2n) is 8.11. The largest absolute Gasteiger partial charge is 0.321 e. The van der Waals surface area contributed by atoms with Gasteiger partial charge in [0.2, 0.25) is 0 Å². The summed E-state index contributed by atoms with van der Waals surface area (Å²) in [5.74, 6) is -0.117. The minimum Gasteiger partial charge on any atom is -0.321 e. The van der Waals surface area contributed by atoms with Gasteiger partial charge in [-0.3, -0.25) is 9.48 Å². The summed E-state index contributed by atoms with van der Waals surface area (Å²) < 4.78 is 25.8. The van der Waals surface area contributed by atoms with E-state index < -0.39 is 9.84 Å². The van der Waals surface area contributed by atoms with Gasteiger partial charge in [-0.1, -0.05) is 35.9 Å². The summed E-state index contributed by atoms with van der Waals surface area (Å²) in [6, 6.07) is 15.3. The van der Waals surface area contributed by atoms with Crippen molar-refractivity contribution in [2.75, 3.05) is 16.8 Å². The number of carbonyl (C=O) groups is 1. The van der Waals surface area contributed by atoms with Crippen LogP contribution in [0.1, 0.15) is 39.6 Å². The fourth-order valence-electron chi connectivity index (χ4n) is 3.93. The third kappa shape index (κ3) is 4.31. The third-order valence-electron chi connectivity index (χ3n) is 5.35. The number of benzene rings is 2. The quantitative estimate of drug-likeness (QED) is 0.685. The summed E-state index contributed by atoms with van der Waals surface area (Å²) in [5, 5.41) is 7.45. The van der Waals surface area contributed by atoms with Gasteiger partial charge in [-0.05, 0) is 62.1 Å². The van der Waals surface area contributed by atoms with Crippen LogP contribution in [0.15, 0.2) is 48.5 Å². The predicted octanol–water partition coefficient (Wildman–Crippen LogP) is 4.09. The van der Waals surface area contributed by atoms with Gasteiger partial charge in [0.25, 0.3) is 5.91 Å². The second-order valence-corrected chi connectivity index (χ2v) is 10.3. The molecule has 1 aliphatic rings. The third-order valence-corrected chi connectivity index (χ3v) is 7.10. The van der Waals surface area contributed by atoms with Crippen molar-refractivity contribution in [1.82, 2.24) is 9.78 Å². The predicted molar refractivity (Wildman–Crippen MR) is 119 cm³/mol. The lowest BCUT2D eigenvalue weighted by atomic mass is 10.1. The molecule has 2 aromatic carbocycles. The number of amides is 1. The molecule has 1 aliphatic heterocycles. The molecule has 0 aliphatic carbocycles. The minimum atomic E-state index is -3.08. The Hall–Kier alpha value is -2.93. The highest BCUT2D eigenvalue weighted by molar-refractivity contribution is 7.91. The van der Waals surface area contributed by atoms with Gasteiger partial charge in [0.15, 0.2) is 15.5 Å². The van der Waals surface area contributed by atoms with Crippen molar-refractivity contribution in [2.45, 2.75) is 33.2 Å². The van der Waals surface area contributed by atoms with Crippen LogP contribution in [-0.4, -0.2) is 35.6 Å². The van der Waals surface area contributed by atoms with Gasteiger partial charge < -0.3 is 5.32 Å². The van der Waals surface area contributed by atoms with E-state index in [1.807, 2.05) is 63.2 Å². The maximum absolute atomic E-state index is 12.9. The van der Waals surface area contributed by atoms with Crippen LogP contribution < -0.4 is 5.32 Å². The molecule has 7 heteroatoms. The molecule has 0 radical (unpaired) electrons. The number of hydrogen-bond acceptors (Lipinski definition) is 4. The number of rotatable bonds is 4. The Balaban J connectivity index is 1.71. The van der Waals surface area contributed by atoms with Gasteiger partial charge >= 0.3 is 0 Å². The molecule has 156 valence electrons. The maximum Gasteiger partial charge on any atom is 0.276 e. The number of hydrogen-bond donors (Lipinski definition) is 1. The highest BCUT2D eigenvalue weighted by Crippen LogP contribution is 2.30. The van der Waals surface area contributed by atoms with Crippen LogP contribution in [0, 0.1) is 20.8 Å². The van der Waals surface area contributed by atoms with E-state index in [0.29, 0.717) is 12.1 Å². The summed E-state index contributed by atoms with van der Waals surface area (Å²) in [7, 11) is -3.08. The van der Waals surface area contributed by atoms with E-state index in [4.69, 9.17) is 0 Å². The highest BCUT2D eigenvalue weighted by Gasteiger charge is 2.32. The van der Waals surface area contributed by atoms with Crippen molar-refractivity contribution in [3.63, 3.8) is 0 Å². The molecule has 0 spiro atoms. The van der Waals surface area contributed by atoms with Crippen molar-refractivity contribution in [2.24, 2.45) is 0 Å². The van der Waals surface area contributed by atoms with Crippen molar-refractivity contribution >= 4 is 21.4 Å². The first kappa shape index (κ1) is 20.3. The molecule has 30 heavy (non-hydrogen) atoms. The normalized spacial score (nSPS) is 17.8. The molecule has 1 N–H and O–H groups in total. The average molecular weight is 424 g/mol. The zero-order valence-electron chi connectivity index (χ0n) is 17.3. The van der Waals surface area contributed by atoms with Gasteiger partial charge in [-0.25, -0.2) is 8.42 Å². The molecule has 1 fully saturated rings. The second kappa shape index (κ2) is 7.72. The Kier molecular flexibility index (Phi) is 5.24. The molecule has 1 amide bonds. The number of sulfone groups is 1. The van der Waals surface area contributed by atoms with Crippen LogP contribution in [0.4, 0.5) is 5.69 Å². The van der Waals surface area contributed by atoms with E-state index in [2.05, 4.69) is 10.4 Å². The van der Waals surface area contributed by atoms with E-state index in [-0.39, 0.29) is 29.1 Å². The summed E-state index contributed by atoms with van der Waals surface area (Å²) in [5.41, 5.74) is 5.90. The zero-order valence-corrected chi connectivity index (χ0v) is 18.2. The van der Waals surface area contributed by atoms with Gasteiger partial charge in [-0.2, -0.15) is 5.10 Å². The maximum atomic E-state index is 12.9. The molecule has 1 saturated heterocycles. The molecule has 0 bridgehead atoms. The molecule has 2 heterocycles. The van der Waals surface area contributed by atoms with E-state index in [9.17, 15) is 13.2 Å². The SMILES string of the molecule is Cc1ccc(-c2cc(C(=O)Nc3cc(C)cc(C)c3)nn2C2CCS(=O)(=O)C2)cc1. The molecule has 0 saturated carbocycles. The smallest absolute Gasteiger partial charge is 0.276 e. The van der Waals surface area contributed by atoms with Gasteiger partial charge in [0.1, 0.15) is 0 Å². The average Bonchev–Trinajstić information content (AvgIpc) is 3.25. The van der Waals surface area contributed by atoms with Gasteiger partial charge in [-0.15, -0.1) is 0 Å². The van der Waals surface area contributed by atoms with E-state index in [1.165, 1.54) is 0 Å².